The van der Waals surface area contributed by atoms with E-state index in [2.05, 4.69) is 138 Å². The summed E-state index contributed by atoms with van der Waals surface area (Å²) in [7, 11) is 4.61. The molecular weight excluding hydrogens is 724 g/mol. The second kappa shape index (κ2) is 16.0. The van der Waals surface area contributed by atoms with Crippen molar-refractivity contribution < 1.29 is 55.2 Å². The molecule has 3 heterocycles. The average molecular weight is 768 g/mol. The highest BCUT2D eigenvalue weighted by Crippen LogP contribution is 2.47. The van der Waals surface area contributed by atoms with Gasteiger partial charge in [-0.1, -0.05) is 48.0 Å². The van der Waals surface area contributed by atoms with E-state index in [-0.39, 0.29) is 16.7 Å². The van der Waals surface area contributed by atoms with Gasteiger partial charge in [0.2, 0.25) is 5.69 Å². The summed E-state index contributed by atoms with van der Waals surface area (Å²) in [5.41, 5.74) is 12.8. The number of hydrogen-bond donors (Lipinski definition) is 0. The van der Waals surface area contributed by atoms with E-state index in [1.807, 2.05) is 0 Å². The molecule has 0 amide bonds. The Hall–Kier alpha value is -4.32. The second-order valence-electron chi connectivity index (χ2n) is 14.5. The van der Waals surface area contributed by atoms with Crippen molar-refractivity contribution in [2.45, 2.75) is 64.7 Å². The van der Waals surface area contributed by atoms with Crippen molar-refractivity contribution >= 4 is 40.6 Å². The predicted molar refractivity (Wildman–Crippen MR) is 188 cm³/mol. The van der Waals surface area contributed by atoms with Crippen molar-refractivity contribution in [1.29, 1.82) is 0 Å². The van der Waals surface area contributed by atoms with E-state index >= 15 is 0 Å². The highest BCUT2D eigenvalue weighted by molar-refractivity contribution is 6.30. The number of nitrogens with zero attached hydrogens (tertiary/aromatic N) is 3. The number of aliphatic carboxylic acids is 2. The molecule has 0 saturated carbocycles. The van der Waals surface area contributed by atoms with E-state index < -0.39 is 24.3 Å². The quantitative estimate of drug-likeness (QED) is 0.155. The van der Waals surface area contributed by atoms with Crippen LogP contribution in [0.5, 0.6) is 0 Å². The minimum Gasteiger partial charge on any atom is -0.542 e. The molecule has 0 bridgehead atoms. The molecule has 0 spiro atoms. The van der Waals surface area contributed by atoms with E-state index in [1.54, 1.807) is 0 Å². The number of quaternary nitrogens is 1. The molecule has 2 aromatic carbocycles. The molecule has 0 N–H and O–H groups in total. The summed E-state index contributed by atoms with van der Waals surface area (Å²) in [5, 5.41) is 18.5. The number of allylic oxidation sites excluding steroid dienone is 1. The Balaban J connectivity index is 0.000000458. The standard InChI is InChI=1S/C35H44ClN3.2C2HF3O2/c1-9-37-29-17-13-11-15-27(29)34(3,4)31(37)21-19-25-23-39(7,8)24-26(33(25)36)20-22-32-35(5,6)28-16-12-14-18-30(28)38(32)10-2;2*3-2(4,5)1(6)7/h11-21,26H,9-10,23-24H2,1-8H3;2*(H,6,7)/q+2;;/p-2/b21-19+;;. The van der Waals surface area contributed by atoms with Crippen molar-refractivity contribution in [3.8, 4) is 0 Å². The number of halogens is 7. The van der Waals surface area contributed by atoms with Crippen LogP contribution in [0.25, 0.3) is 0 Å². The molecule has 0 aromatic heterocycles. The monoisotopic (exact) mass is 767 g/mol. The lowest BCUT2D eigenvalue weighted by molar-refractivity contribution is -0.889. The van der Waals surface area contributed by atoms with E-state index in [9.17, 15) is 26.3 Å². The highest BCUT2D eigenvalue weighted by Gasteiger charge is 2.44. The fourth-order valence-electron chi connectivity index (χ4n) is 6.96. The van der Waals surface area contributed by atoms with Gasteiger partial charge in [0.1, 0.15) is 25.0 Å². The lowest BCUT2D eigenvalue weighted by Gasteiger charge is -2.37. The third-order valence-corrected chi connectivity index (χ3v) is 9.93. The Kier molecular flexibility index (Phi) is 13.0. The molecule has 3 aliphatic rings. The number of anilines is 1. The van der Waals surface area contributed by atoms with Gasteiger partial charge in [-0.2, -0.15) is 30.9 Å². The van der Waals surface area contributed by atoms with Gasteiger partial charge in [-0.15, -0.1) is 5.73 Å². The zero-order chi connectivity index (χ0) is 40.3. The van der Waals surface area contributed by atoms with Crippen molar-refractivity contribution in [3.63, 3.8) is 0 Å². The maximum absolute atomic E-state index is 10.5. The van der Waals surface area contributed by atoms with E-state index in [0.29, 0.717) is 0 Å². The fourth-order valence-corrected chi connectivity index (χ4v) is 7.22. The molecule has 0 fully saturated rings. The zero-order valence-electron chi connectivity index (χ0n) is 30.9. The predicted octanol–water partition coefficient (Wildman–Crippen LogP) is 6.29. The maximum Gasteiger partial charge on any atom is 0.430 e. The molecule has 14 heteroatoms. The molecule has 0 saturated heterocycles. The number of rotatable bonds is 5. The molecule has 2 aromatic rings. The van der Waals surface area contributed by atoms with Gasteiger partial charge in [-0.3, -0.25) is 0 Å². The third kappa shape index (κ3) is 9.62. The summed E-state index contributed by atoms with van der Waals surface area (Å²) >= 11 is 7.21. The van der Waals surface area contributed by atoms with Crippen LogP contribution >= 0.6 is 11.6 Å². The third-order valence-electron chi connectivity index (χ3n) is 9.41. The molecule has 5 rings (SSSR count). The van der Waals surface area contributed by atoms with Gasteiger partial charge >= 0.3 is 12.4 Å². The number of fused-ring (bicyclic) bond motifs is 2. The van der Waals surface area contributed by atoms with Gasteiger partial charge in [0.15, 0.2) is 5.71 Å². The SMILES string of the molecule is CCN1C(=C=CC2C[N+](C)(C)CC(/C=C/C3=[N+](CC)c4ccccc4C3(C)C)=C2Cl)C(C)(C)c2ccccc21.O=C([O-])C(F)(F)F.O=C([O-])C(F)(F)F. The summed E-state index contributed by atoms with van der Waals surface area (Å²) in [6.45, 7) is 17.5. The van der Waals surface area contributed by atoms with Gasteiger partial charge in [-0.05, 0) is 65.3 Å². The van der Waals surface area contributed by atoms with E-state index in [4.69, 9.17) is 31.4 Å². The van der Waals surface area contributed by atoms with Gasteiger partial charge < -0.3 is 29.2 Å². The summed E-state index contributed by atoms with van der Waals surface area (Å²) in [6.07, 6.45) is -3.54. The number of carbonyl (C=O) groups excluding carboxylic acids is 2. The Morgan fingerprint density at radius 1 is 0.906 bits per heavy atom. The largest absolute Gasteiger partial charge is 0.542 e. The van der Waals surface area contributed by atoms with Crippen molar-refractivity contribution in [1.82, 2.24) is 0 Å². The van der Waals surface area contributed by atoms with Gasteiger partial charge in [0, 0.05) is 46.0 Å². The number of hydrogen-bond acceptors (Lipinski definition) is 5. The van der Waals surface area contributed by atoms with Crippen molar-refractivity contribution in [2.75, 3.05) is 45.2 Å². The first-order valence-corrected chi connectivity index (χ1v) is 17.2. The number of para-hydroxylation sites is 2. The van der Waals surface area contributed by atoms with Crippen molar-refractivity contribution in [3.05, 3.63) is 99.9 Å². The van der Waals surface area contributed by atoms with Crippen molar-refractivity contribution in [2.24, 2.45) is 5.92 Å². The Bertz CT molecular complexity index is 1860. The maximum atomic E-state index is 10.5. The summed E-state index contributed by atoms with van der Waals surface area (Å²) in [4.78, 5) is 20.0. The van der Waals surface area contributed by atoms with Crippen LogP contribution in [0.2, 0.25) is 0 Å². The number of alkyl halides is 6. The summed E-state index contributed by atoms with van der Waals surface area (Å²) in [5.74, 6) is -5.89. The molecule has 3 aliphatic heterocycles. The molecule has 1 unspecified atom stereocenters. The van der Waals surface area contributed by atoms with E-state index in [0.717, 1.165) is 35.7 Å². The molecule has 0 aliphatic carbocycles. The van der Waals surface area contributed by atoms with Crippen LogP contribution in [0.3, 0.4) is 0 Å². The first-order chi connectivity index (χ1) is 24.3. The first kappa shape index (κ1) is 43.1. The van der Waals surface area contributed by atoms with Gasteiger partial charge in [0.05, 0.1) is 37.7 Å². The van der Waals surface area contributed by atoms with Crippen LogP contribution in [0.1, 0.15) is 52.7 Å². The topological polar surface area (TPSA) is 86.5 Å². The number of benzene rings is 2. The molecule has 7 nitrogen and oxygen atoms in total. The Labute approximate surface area is 311 Å². The summed E-state index contributed by atoms with van der Waals surface area (Å²) < 4.78 is 66.4. The van der Waals surface area contributed by atoms with Crippen LogP contribution in [-0.4, -0.2) is 79.3 Å². The summed E-state index contributed by atoms with van der Waals surface area (Å²) in [6, 6.07) is 17.5. The number of carboxylic acids is 2. The molecule has 0 radical (unpaired) electrons. The number of carboxylic acid groups (broad SMARTS) is 2. The van der Waals surface area contributed by atoms with Crippen LogP contribution in [0.15, 0.2) is 88.8 Å². The minimum absolute atomic E-state index is 0.0500. The van der Waals surface area contributed by atoms with Gasteiger partial charge in [0.25, 0.3) is 0 Å². The van der Waals surface area contributed by atoms with Crippen LogP contribution in [0, 0.1) is 5.92 Å². The van der Waals surface area contributed by atoms with Gasteiger partial charge in [-0.25, -0.2) is 0 Å². The normalized spacial score (nSPS) is 19.8. The van der Waals surface area contributed by atoms with E-state index in [1.165, 1.54) is 39.5 Å². The van der Waals surface area contributed by atoms with Crippen LogP contribution in [-0.2, 0) is 20.4 Å². The lowest BCUT2D eigenvalue weighted by atomic mass is 9.81. The number of likely N-dealkylation sites (N-methyl/N-ethyl adjacent to an activating group) is 2. The lowest BCUT2D eigenvalue weighted by Crippen LogP contribution is -2.47. The highest BCUT2D eigenvalue weighted by atomic mass is 35.5. The fraction of sp³-hybridized carbons (Fsp3) is 0.436. The van der Waals surface area contributed by atoms with Crippen LogP contribution in [0.4, 0.5) is 37.7 Å². The average Bonchev–Trinajstić information content (AvgIpc) is 3.41. The second-order valence-corrected chi connectivity index (χ2v) is 14.9. The molecule has 1 atom stereocenters. The zero-order valence-corrected chi connectivity index (χ0v) is 31.6. The first-order valence-electron chi connectivity index (χ1n) is 16.8. The minimum atomic E-state index is -5.19. The molecule has 288 valence electrons. The number of carbonyl (C=O) groups is 2. The molecule has 53 heavy (non-hydrogen) atoms. The van der Waals surface area contributed by atoms with Crippen LogP contribution < -0.4 is 15.1 Å². The Morgan fingerprint density at radius 2 is 1.42 bits per heavy atom. The molecular formula is C39H44ClF6N3O4. The Morgan fingerprint density at radius 3 is 1.92 bits per heavy atom. The smallest absolute Gasteiger partial charge is 0.430 e.